The van der Waals surface area contributed by atoms with Crippen LogP contribution in [-0.4, -0.2) is 32.1 Å². The van der Waals surface area contributed by atoms with Crippen LogP contribution >= 0.6 is 0 Å². The van der Waals surface area contributed by atoms with E-state index >= 15 is 0 Å². The molecule has 0 heterocycles. The van der Waals surface area contributed by atoms with Crippen LogP contribution in [0.4, 0.5) is 0 Å². The van der Waals surface area contributed by atoms with E-state index in [2.05, 4.69) is 23.9 Å². The fourth-order valence-electron chi connectivity index (χ4n) is 1.68. The molecule has 0 spiro atoms. The first-order chi connectivity index (χ1) is 10.0. The topological polar surface area (TPSA) is 64.6 Å². The number of para-hydroxylation sites is 1. The number of ether oxygens (including phenoxy) is 2. The number of esters is 1. The largest absolute Gasteiger partial charge is 0.483 e. The van der Waals surface area contributed by atoms with Gasteiger partial charge in [-0.1, -0.05) is 38.1 Å². The van der Waals surface area contributed by atoms with Gasteiger partial charge in [0, 0.05) is 12.6 Å². The quantitative estimate of drug-likeness (QED) is 0.617. The Bertz CT molecular complexity index is 509. The van der Waals surface area contributed by atoms with Gasteiger partial charge in [-0.3, -0.25) is 4.79 Å². The number of hydrogen-bond acceptors (Lipinski definition) is 4. The van der Waals surface area contributed by atoms with Crippen molar-refractivity contribution in [3.8, 4) is 5.75 Å². The minimum absolute atomic E-state index is 0.0597. The van der Waals surface area contributed by atoms with E-state index in [1.807, 2.05) is 24.3 Å². The molecule has 0 unspecified atom stereocenters. The fraction of sp³-hybridized carbons (Fsp3) is 0.375. The van der Waals surface area contributed by atoms with Crippen molar-refractivity contribution in [2.24, 2.45) is 0 Å². The lowest BCUT2D eigenvalue weighted by Crippen LogP contribution is -2.29. The molecule has 0 bridgehead atoms. The maximum atomic E-state index is 11.6. The van der Waals surface area contributed by atoms with Gasteiger partial charge in [0.1, 0.15) is 5.75 Å². The highest BCUT2D eigenvalue weighted by atomic mass is 16.5. The monoisotopic (exact) mass is 291 g/mol. The molecule has 5 nitrogen and oxygen atoms in total. The highest BCUT2D eigenvalue weighted by Gasteiger charge is 2.08. The zero-order chi connectivity index (χ0) is 15.7. The van der Waals surface area contributed by atoms with E-state index in [0.29, 0.717) is 11.7 Å². The molecule has 0 fully saturated rings. The Morgan fingerprint density at radius 3 is 2.67 bits per heavy atom. The number of hydrogen-bond donors (Lipinski definition) is 1. The van der Waals surface area contributed by atoms with E-state index in [9.17, 15) is 9.59 Å². The van der Waals surface area contributed by atoms with E-state index in [1.165, 1.54) is 19.3 Å². The molecular formula is C16H21NO4. The van der Waals surface area contributed by atoms with E-state index in [-0.39, 0.29) is 19.1 Å². The second-order valence-corrected chi connectivity index (χ2v) is 4.71. The first-order valence-electron chi connectivity index (χ1n) is 6.77. The van der Waals surface area contributed by atoms with Crippen LogP contribution in [0.15, 0.2) is 36.4 Å². The summed E-state index contributed by atoms with van der Waals surface area (Å²) in [7, 11) is 1.30. The molecule has 0 aromatic heterocycles. The summed E-state index contributed by atoms with van der Waals surface area (Å²) in [5, 5.41) is 2.62. The zero-order valence-corrected chi connectivity index (χ0v) is 12.6. The van der Waals surface area contributed by atoms with Crippen molar-refractivity contribution in [2.45, 2.75) is 19.8 Å². The Labute approximate surface area is 124 Å². The van der Waals surface area contributed by atoms with Crippen LogP contribution < -0.4 is 10.1 Å². The van der Waals surface area contributed by atoms with Crippen LogP contribution in [0.25, 0.3) is 0 Å². The molecule has 114 valence electrons. The van der Waals surface area contributed by atoms with Gasteiger partial charge in [-0.05, 0) is 17.5 Å². The molecular weight excluding hydrogens is 270 g/mol. The lowest BCUT2D eigenvalue weighted by Gasteiger charge is -2.13. The van der Waals surface area contributed by atoms with Crippen LogP contribution in [-0.2, 0) is 14.3 Å². The van der Waals surface area contributed by atoms with Crippen molar-refractivity contribution in [3.05, 3.63) is 42.0 Å². The average molecular weight is 291 g/mol. The number of benzene rings is 1. The number of carbonyl (C=O) groups excluding carboxylic acids is 2. The summed E-state index contributed by atoms with van der Waals surface area (Å²) in [5.74, 6) is 0.342. The Kier molecular flexibility index (Phi) is 7.01. The molecule has 0 aliphatic rings. The summed E-state index contributed by atoms with van der Waals surface area (Å²) >= 11 is 0. The molecule has 1 amide bonds. The summed E-state index contributed by atoms with van der Waals surface area (Å²) in [6.07, 6.45) is 2.78. The number of nitrogens with one attached hydrogen (secondary N) is 1. The van der Waals surface area contributed by atoms with Gasteiger partial charge in [0.2, 0.25) is 0 Å². The van der Waals surface area contributed by atoms with Gasteiger partial charge in [0.15, 0.2) is 6.61 Å². The third kappa shape index (κ3) is 6.12. The fourth-order valence-corrected chi connectivity index (χ4v) is 1.68. The van der Waals surface area contributed by atoms with Crippen molar-refractivity contribution < 1.29 is 19.1 Å². The lowest BCUT2D eigenvalue weighted by molar-refractivity contribution is -0.134. The van der Waals surface area contributed by atoms with Gasteiger partial charge in [0.05, 0.1) is 7.11 Å². The second-order valence-electron chi connectivity index (χ2n) is 4.71. The summed E-state index contributed by atoms with van der Waals surface area (Å²) < 4.78 is 9.97. The minimum atomic E-state index is -0.452. The Hall–Kier alpha value is -2.30. The molecule has 0 atom stereocenters. The molecule has 1 aromatic carbocycles. The van der Waals surface area contributed by atoms with Crippen LogP contribution in [0.2, 0.25) is 0 Å². The Morgan fingerprint density at radius 2 is 2.00 bits per heavy atom. The molecule has 1 rings (SSSR count). The molecule has 5 heteroatoms. The van der Waals surface area contributed by atoms with Gasteiger partial charge >= 0.3 is 5.97 Å². The number of rotatable bonds is 7. The first-order valence-corrected chi connectivity index (χ1v) is 6.77. The van der Waals surface area contributed by atoms with Gasteiger partial charge in [-0.15, -0.1) is 0 Å². The Morgan fingerprint density at radius 1 is 1.29 bits per heavy atom. The maximum absolute atomic E-state index is 11.6. The van der Waals surface area contributed by atoms with Crippen molar-refractivity contribution in [1.29, 1.82) is 0 Å². The Balaban J connectivity index is 2.40. The third-order valence-corrected chi connectivity index (χ3v) is 2.77. The van der Waals surface area contributed by atoms with Gasteiger partial charge < -0.3 is 14.8 Å². The van der Waals surface area contributed by atoms with Crippen molar-refractivity contribution in [2.75, 3.05) is 20.3 Å². The summed E-state index contributed by atoms with van der Waals surface area (Å²) in [4.78, 5) is 22.4. The highest BCUT2D eigenvalue weighted by molar-refractivity contribution is 5.82. The van der Waals surface area contributed by atoms with Crippen LogP contribution in [0.1, 0.15) is 25.3 Å². The van der Waals surface area contributed by atoms with Crippen molar-refractivity contribution in [3.63, 3.8) is 0 Å². The highest BCUT2D eigenvalue weighted by Crippen LogP contribution is 2.25. The van der Waals surface area contributed by atoms with E-state index in [4.69, 9.17) is 4.74 Å². The number of amides is 1. The van der Waals surface area contributed by atoms with Gasteiger partial charge in [-0.25, -0.2) is 4.79 Å². The van der Waals surface area contributed by atoms with Crippen LogP contribution in [0, 0.1) is 0 Å². The van der Waals surface area contributed by atoms with E-state index < -0.39 is 5.97 Å². The number of methoxy groups -OCH3 is 1. The first kappa shape index (κ1) is 16.8. The van der Waals surface area contributed by atoms with Crippen LogP contribution in [0.5, 0.6) is 5.75 Å². The lowest BCUT2D eigenvalue weighted by atomic mass is 10.0. The zero-order valence-electron chi connectivity index (χ0n) is 12.6. The summed E-state index contributed by atoms with van der Waals surface area (Å²) in [6, 6.07) is 7.65. The minimum Gasteiger partial charge on any atom is -0.483 e. The summed E-state index contributed by atoms with van der Waals surface area (Å²) in [5.41, 5.74) is 1.07. The van der Waals surface area contributed by atoms with Crippen molar-refractivity contribution >= 4 is 11.9 Å². The smallest absolute Gasteiger partial charge is 0.330 e. The average Bonchev–Trinajstić information content (AvgIpc) is 2.49. The molecule has 0 aliphatic heterocycles. The second kappa shape index (κ2) is 8.79. The molecule has 0 saturated carbocycles. The van der Waals surface area contributed by atoms with Crippen LogP contribution in [0.3, 0.4) is 0 Å². The van der Waals surface area contributed by atoms with Gasteiger partial charge in [0.25, 0.3) is 5.91 Å². The standard InChI is InChI=1S/C16H21NO4/c1-12(2)13-7-4-5-8-14(13)21-11-15(18)17-10-6-9-16(19)20-3/h4-9,12H,10-11H2,1-3H3,(H,17,18)/b9-6+. The SMILES string of the molecule is COC(=O)/C=C/CNC(=O)COc1ccccc1C(C)C. The maximum Gasteiger partial charge on any atom is 0.330 e. The molecule has 1 N–H and O–H groups in total. The summed E-state index contributed by atoms with van der Waals surface area (Å²) in [6.45, 7) is 4.33. The molecule has 0 radical (unpaired) electrons. The molecule has 21 heavy (non-hydrogen) atoms. The third-order valence-electron chi connectivity index (χ3n) is 2.77. The number of carbonyl (C=O) groups is 2. The van der Waals surface area contributed by atoms with E-state index in [1.54, 1.807) is 0 Å². The molecule has 0 aliphatic carbocycles. The normalized spacial score (nSPS) is 10.7. The molecule has 1 aromatic rings. The predicted molar refractivity (Wildman–Crippen MR) is 80.2 cm³/mol. The van der Waals surface area contributed by atoms with E-state index in [0.717, 1.165) is 5.56 Å². The molecule has 0 saturated heterocycles. The van der Waals surface area contributed by atoms with Crippen molar-refractivity contribution in [1.82, 2.24) is 5.32 Å². The predicted octanol–water partition coefficient (Wildman–Crippen LogP) is 2.03. The van der Waals surface area contributed by atoms with Gasteiger partial charge in [-0.2, -0.15) is 0 Å².